The molecule has 458 valence electrons. The number of para-hydroxylation sites is 5. The number of piperazine rings is 2. The van der Waals surface area contributed by atoms with E-state index < -0.39 is 11.7 Å². The number of amidine groups is 1. The first-order chi connectivity index (χ1) is 42.0. The highest BCUT2D eigenvalue weighted by molar-refractivity contribution is 6.22. The molecule has 0 saturated carbocycles. The fourth-order valence-electron chi connectivity index (χ4n) is 10.9. The van der Waals surface area contributed by atoms with Gasteiger partial charge in [-0.05, 0) is 120 Å². The molecular weight excluding hydrogens is 1100 g/mol. The Kier molecular flexibility index (Phi) is 20.9. The molecule has 4 aliphatic rings. The number of alkyl carbamates (subject to hydrolysis) is 1. The third-order valence-electron chi connectivity index (χ3n) is 15.6. The number of fused-ring (bicyclic) bond motifs is 2. The Labute approximate surface area is 510 Å². The summed E-state index contributed by atoms with van der Waals surface area (Å²) in [6.07, 6.45) is 7.29. The van der Waals surface area contributed by atoms with Gasteiger partial charge in [0.15, 0.2) is 13.2 Å². The summed E-state index contributed by atoms with van der Waals surface area (Å²) >= 11 is 0. The number of amides is 4. The highest BCUT2D eigenvalue weighted by Gasteiger charge is 2.42. The van der Waals surface area contributed by atoms with Gasteiger partial charge in [-0.15, -0.1) is 0 Å². The number of hydrogen-bond acceptors (Lipinski definition) is 15. The number of carbonyl (C=O) groups excluding carboxylic acids is 4. The third kappa shape index (κ3) is 15.6. The van der Waals surface area contributed by atoms with Crippen molar-refractivity contribution >= 4 is 46.2 Å². The molecule has 3 N–H and O–H groups in total. The maximum atomic E-state index is 13.9. The lowest BCUT2D eigenvalue weighted by Crippen LogP contribution is -2.59. The van der Waals surface area contributed by atoms with Crippen molar-refractivity contribution in [1.29, 1.82) is 0 Å². The second kappa shape index (κ2) is 29.0. The van der Waals surface area contributed by atoms with Gasteiger partial charge in [0.1, 0.15) is 40.3 Å². The van der Waals surface area contributed by atoms with Crippen molar-refractivity contribution in [3.63, 3.8) is 0 Å². The number of aromatic nitrogens is 2. The average Bonchev–Trinajstić information content (AvgIpc) is 1.56. The van der Waals surface area contributed by atoms with Crippen LogP contribution in [-0.4, -0.2) is 155 Å². The second-order valence-corrected chi connectivity index (χ2v) is 22.5. The van der Waals surface area contributed by atoms with E-state index in [1.54, 1.807) is 32.6 Å². The lowest BCUT2D eigenvalue weighted by atomic mass is 9.91. The van der Waals surface area contributed by atoms with E-state index in [-0.39, 0.29) is 62.0 Å². The van der Waals surface area contributed by atoms with Crippen molar-refractivity contribution in [1.82, 2.24) is 34.5 Å². The molecule has 4 atom stereocenters. The summed E-state index contributed by atoms with van der Waals surface area (Å²) < 4.78 is 30.2. The predicted molar refractivity (Wildman–Crippen MR) is 337 cm³/mol. The van der Waals surface area contributed by atoms with Crippen LogP contribution in [-0.2, 0) is 32.2 Å². The summed E-state index contributed by atoms with van der Waals surface area (Å²) in [7, 11) is 0. The summed E-state index contributed by atoms with van der Waals surface area (Å²) in [4.78, 5) is 85.6. The van der Waals surface area contributed by atoms with Crippen LogP contribution < -0.4 is 40.5 Å². The molecule has 2 saturated heterocycles. The first kappa shape index (κ1) is 62.7. The molecule has 2 fully saturated rings. The van der Waals surface area contributed by atoms with Gasteiger partial charge in [0.25, 0.3) is 17.4 Å². The number of nitrogens with two attached hydrogens (primary N) is 1. The van der Waals surface area contributed by atoms with Crippen molar-refractivity contribution in [3.8, 4) is 28.7 Å². The highest BCUT2D eigenvalue weighted by atomic mass is 16.6. The summed E-state index contributed by atoms with van der Waals surface area (Å²) in [5, 5.41) is 3.27. The van der Waals surface area contributed by atoms with E-state index in [4.69, 9.17) is 39.4 Å². The quantitative estimate of drug-likeness (QED) is 0.0782. The monoisotopic (exact) mass is 1190 g/mol. The summed E-state index contributed by atoms with van der Waals surface area (Å²) in [6.45, 7) is 19.8. The Balaban J connectivity index is 0.000000228. The van der Waals surface area contributed by atoms with Gasteiger partial charge < -0.3 is 44.5 Å². The molecule has 4 amide bonds. The lowest BCUT2D eigenvalue weighted by Gasteiger charge is -2.43. The standard InChI is InChI=1S/C36H43N5O6.C31H37N5O4/c1-6-45-31-14-10-9-13-30(31)41-33(38-29-12-8-7-11-28(29)34(41)43)25(2)39-19-21-40(22-20-39)32(42)24-46-27-17-15-26(16-18-27)23-37-35(44)47-36(3,4)5;1-3-39-28-11-7-6-10-27(28)36-30(33-26-9-5-4-8-25(26)31(36)38)22(2)34-16-18-35(19-17-34)29(37)21-40-24-14-12-23(20-32)13-15-24/h7-18,25H,6,19-24H2,1-5H3,(H,37,44);4-15,22,25-26H,3,16-21,32H2,1-2H3/p+1. The van der Waals surface area contributed by atoms with E-state index in [1.165, 1.54) is 0 Å². The van der Waals surface area contributed by atoms with E-state index in [2.05, 4.69) is 22.0 Å². The van der Waals surface area contributed by atoms with E-state index in [9.17, 15) is 24.0 Å². The topological polar surface area (TPSA) is 216 Å². The maximum absolute atomic E-state index is 13.9. The van der Waals surface area contributed by atoms with E-state index in [0.717, 1.165) is 11.1 Å². The van der Waals surface area contributed by atoms with Gasteiger partial charge in [-0.1, -0.05) is 85.0 Å². The number of ether oxygens (including phenoxy) is 5. The third-order valence-corrected chi connectivity index (χ3v) is 15.6. The number of anilines is 1. The minimum Gasteiger partial charge on any atom is -0.492 e. The lowest BCUT2D eigenvalue weighted by molar-refractivity contribution is -0.136. The summed E-state index contributed by atoms with van der Waals surface area (Å²) in [6, 6.07) is 36.6. The van der Waals surface area contributed by atoms with Crippen LogP contribution in [0.1, 0.15) is 72.9 Å². The smallest absolute Gasteiger partial charge is 0.492 e. The van der Waals surface area contributed by atoms with Crippen LogP contribution in [0.3, 0.4) is 0 Å². The number of nitrogens with one attached hydrogen (secondary N) is 1. The van der Waals surface area contributed by atoms with E-state index in [0.29, 0.717) is 136 Å². The van der Waals surface area contributed by atoms with Crippen LogP contribution in [0.15, 0.2) is 155 Å². The SMILES string of the molecule is CCOc1ccccc1-n1c(C(C)N2CCN(C(=O)COc3ccc(CNC(=O)OC(C)(C)C)cc3)CC2)nc2ccccc2c1=O.CCOc1ccccc1N1C(=O)C2C=CC=CC2N=C1C(C)N1CCN(C(=O)COc2ccc(CN)cc2)CC1.[H+]. The molecule has 3 aliphatic heterocycles. The normalized spacial score (nSPS) is 17.7. The molecule has 20 nitrogen and oxygen atoms in total. The molecule has 87 heavy (non-hydrogen) atoms. The van der Waals surface area contributed by atoms with Crippen LogP contribution in [0, 0.1) is 5.92 Å². The molecule has 0 bridgehead atoms. The minimum atomic E-state index is -0.561. The molecule has 5 aromatic carbocycles. The van der Waals surface area contributed by atoms with Gasteiger partial charge in [-0.3, -0.25) is 43.4 Å². The van der Waals surface area contributed by atoms with Crippen molar-refractivity contribution in [3.05, 3.63) is 173 Å². The van der Waals surface area contributed by atoms with Crippen molar-refractivity contribution in [2.75, 3.05) is 83.7 Å². The average molecular weight is 1190 g/mol. The predicted octanol–water partition coefficient (Wildman–Crippen LogP) is 8.22. The molecule has 0 radical (unpaired) electrons. The second-order valence-electron chi connectivity index (χ2n) is 22.5. The largest absolute Gasteiger partial charge is 1.00 e. The molecule has 0 spiro atoms. The number of carbonyl (C=O) groups is 4. The first-order valence-electron chi connectivity index (χ1n) is 29.9. The number of benzene rings is 5. The Morgan fingerprint density at radius 1 is 0.644 bits per heavy atom. The van der Waals surface area contributed by atoms with Crippen LogP contribution in [0.25, 0.3) is 16.6 Å². The fraction of sp³-hybridized carbons (Fsp3) is 0.388. The Morgan fingerprint density at radius 3 is 1.74 bits per heavy atom. The van der Waals surface area contributed by atoms with Crippen LogP contribution in [0.5, 0.6) is 23.0 Å². The molecule has 1 aliphatic carbocycles. The molecule has 4 unspecified atom stereocenters. The molecule has 4 heterocycles. The number of rotatable bonds is 19. The van der Waals surface area contributed by atoms with Crippen LogP contribution in [0.4, 0.5) is 10.5 Å². The minimum absolute atomic E-state index is 0. The number of aliphatic imine (C=N–C) groups is 1. The Hall–Kier alpha value is -8.85. The number of nitrogens with zero attached hydrogens (tertiary/aromatic N) is 8. The fourth-order valence-corrected chi connectivity index (χ4v) is 10.9. The van der Waals surface area contributed by atoms with Crippen molar-refractivity contribution < 1.29 is 44.3 Å². The Bertz CT molecular complexity index is 3520. The van der Waals surface area contributed by atoms with Gasteiger partial charge in [0.2, 0.25) is 5.91 Å². The summed E-state index contributed by atoms with van der Waals surface area (Å²) in [5.41, 5.74) is 8.83. The van der Waals surface area contributed by atoms with Crippen LogP contribution >= 0.6 is 0 Å². The van der Waals surface area contributed by atoms with Gasteiger partial charge in [0.05, 0.1) is 59.5 Å². The zero-order valence-electron chi connectivity index (χ0n) is 51.8. The van der Waals surface area contributed by atoms with Gasteiger partial charge in [-0.25, -0.2) is 9.78 Å². The number of allylic oxidation sites excluding steroid dienone is 2. The zero-order chi connectivity index (χ0) is 61.6. The zero-order valence-corrected chi connectivity index (χ0v) is 50.8. The van der Waals surface area contributed by atoms with Crippen LogP contribution in [0.2, 0.25) is 0 Å². The molecule has 10 rings (SSSR count). The first-order valence-corrected chi connectivity index (χ1v) is 29.9. The van der Waals surface area contributed by atoms with Gasteiger partial charge in [-0.2, -0.15) is 0 Å². The molecule has 20 heteroatoms. The molecular formula is C67H81N10O10+. The highest BCUT2D eigenvalue weighted by Crippen LogP contribution is 2.36. The molecule has 1 aromatic heterocycles. The molecule has 6 aromatic rings. The van der Waals surface area contributed by atoms with Crippen molar-refractivity contribution in [2.45, 2.75) is 85.3 Å². The van der Waals surface area contributed by atoms with Crippen molar-refractivity contribution in [2.24, 2.45) is 16.6 Å². The Morgan fingerprint density at radius 2 is 1.16 bits per heavy atom. The van der Waals surface area contributed by atoms with Gasteiger partial charge in [0, 0.05) is 65.4 Å². The summed E-state index contributed by atoms with van der Waals surface area (Å²) in [5.74, 6) is 3.29. The van der Waals surface area contributed by atoms with E-state index in [1.807, 2.05) is 174 Å². The number of hydrogen-bond donors (Lipinski definition) is 2. The van der Waals surface area contributed by atoms with E-state index >= 15 is 0 Å². The maximum Gasteiger partial charge on any atom is 1.00 e. The van der Waals surface area contributed by atoms with Gasteiger partial charge >= 0.3 is 7.52 Å².